The van der Waals surface area contributed by atoms with Gasteiger partial charge in [-0.2, -0.15) is 0 Å². The second kappa shape index (κ2) is 5.95. The monoisotopic (exact) mass is 296 g/mol. The number of benzene rings is 2. The summed E-state index contributed by atoms with van der Waals surface area (Å²) < 4.78 is 45.4. The molecule has 0 aliphatic heterocycles. The summed E-state index contributed by atoms with van der Waals surface area (Å²) >= 11 is 0. The second-order valence-corrected chi connectivity index (χ2v) is 4.60. The average molecular weight is 296 g/mol. The topological polar surface area (TPSA) is 38.5 Å². The second-order valence-electron chi connectivity index (χ2n) is 4.60. The molecule has 0 saturated heterocycles. The van der Waals surface area contributed by atoms with Gasteiger partial charge in [-0.3, -0.25) is 0 Å². The summed E-state index contributed by atoms with van der Waals surface area (Å²) in [6, 6.07) is 6.53. The highest BCUT2D eigenvalue weighted by atomic mass is 19.2. The highest BCUT2D eigenvalue weighted by Crippen LogP contribution is 2.27. The van der Waals surface area contributed by atoms with Crippen LogP contribution in [0.1, 0.15) is 5.56 Å². The van der Waals surface area contributed by atoms with Gasteiger partial charge in [0.15, 0.2) is 11.6 Å². The molecule has 0 aliphatic rings. The largest absolute Gasteiger partial charge is 0.496 e. The van der Waals surface area contributed by atoms with Crippen LogP contribution in [-0.4, -0.2) is 14.2 Å². The Morgan fingerprint density at radius 2 is 1.76 bits per heavy atom. The van der Waals surface area contributed by atoms with E-state index in [9.17, 15) is 13.2 Å². The molecular formula is C15H15F3N2O. The lowest BCUT2D eigenvalue weighted by molar-refractivity contribution is 0.398. The van der Waals surface area contributed by atoms with Gasteiger partial charge >= 0.3 is 0 Å². The van der Waals surface area contributed by atoms with Gasteiger partial charge in [-0.25, -0.2) is 13.2 Å². The fourth-order valence-electron chi connectivity index (χ4n) is 2.01. The van der Waals surface area contributed by atoms with Crippen molar-refractivity contribution >= 4 is 11.4 Å². The molecule has 112 valence electrons. The molecule has 0 heterocycles. The normalized spacial score (nSPS) is 10.5. The molecule has 2 rings (SSSR count). The predicted molar refractivity (Wildman–Crippen MR) is 75.8 cm³/mol. The molecule has 0 fully saturated rings. The van der Waals surface area contributed by atoms with Crippen LogP contribution in [0.2, 0.25) is 0 Å². The smallest absolute Gasteiger partial charge is 0.167 e. The van der Waals surface area contributed by atoms with Crippen LogP contribution in [0.4, 0.5) is 24.5 Å². The van der Waals surface area contributed by atoms with Crippen molar-refractivity contribution in [1.82, 2.24) is 0 Å². The number of nitrogen functional groups attached to an aromatic ring is 1. The predicted octanol–water partition coefficient (Wildman–Crippen LogP) is 3.33. The van der Waals surface area contributed by atoms with Gasteiger partial charge in [0.1, 0.15) is 11.6 Å². The number of halogens is 3. The van der Waals surface area contributed by atoms with Gasteiger partial charge in [0.25, 0.3) is 0 Å². The van der Waals surface area contributed by atoms with Crippen molar-refractivity contribution < 1.29 is 17.9 Å². The number of rotatable bonds is 4. The van der Waals surface area contributed by atoms with E-state index in [0.717, 1.165) is 6.07 Å². The highest BCUT2D eigenvalue weighted by Gasteiger charge is 2.16. The Labute approximate surface area is 120 Å². The molecule has 0 aromatic heterocycles. The van der Waals surface area contributed by atoms with Crippen LogP contribution in [0.3, 0.4) is 0 Å². The minimum absolute atomic E-state index is 0.00831. The Balaban J connectivity index is 2.33. The molecule has 6 heteroatoms. The lowest BCUT2D eigenvalue weighted by Gasteiger charge is -2.21. The Morgan fingerprint density at radius 1 is 1.10 bits per heavy atom. The first-order chi connectivity index (χ1) is 9.93. The molecule has 0 saturated carbocycles. The number of methoxy groups -OCH3 is 1. The van der Waals surface area contributed by atoms with E-state index in [1.807, 2.05) is 0 Å². The minimum atomic E-state index is -0.962. The summed E-state index contributed by atoms with van der Waals surface area (Å²) in [4.78, 5) is 1.62. The van der Waals surface area contributed by atoms with Crippen molar-refractivity contribution in [3.63, 3.8) is 0 Å². The first-order valence-corrected chi connectivity index (χ1v) is 6.21. The van der Waals surface area contributed by atoms with Crippen LogP contribution in [-0.2, 0) is 6.54 Å². The molecule has 2 aromatic rings. The Bertz CT molecular complexity index is 662. The zero-order chi connectivity index (χ0) is 15.6. The van der Waals surface area contributed by atoms with Crippen LogP contribution >= 0.6 is 0 Å². The molecule has 0 amide bonds. The average Bonchev–Trinajstić information content (AvgIpc) is 2.47. The molecule has 21 heavy (non-hydrogen) atoms. The Morgan fingerprint density at radius 3 is 2.38 bits per heavy atom. The van der Waals surface area contributed by atoms with Crippen molar-refractivity contribution in [2.24, 2.45) is 0 Å². The zero-order valence-electron chi connectivity index (χ0n) is 11.7. The third kappa shape index (κ3) is 3.04. The maximum absolute atomic E-state index is 13.9. The number of nitrogens with zero attached hydrogens (tertiary/aromatic N) is 1. The Kier molecular flexibility index (Phi) is 4.26. The summed E-state index contributed by atoms with van der Waals surface area (Å²) in [7, 11) is 3.04. The van der Waals surface area contributed by atoms with E-state index in [1.54, 1.807) is 11.9 Å². The zero-order valence-corrected chi connectivity index (χ0v) is 11.7. The van der Waals surface area contributed by atoms with E-state index in [-0.39, 0.29) is 23.5 Å². The van der Waals surface area contributed by atoms with E-state index >= 15 is 0 Å². The molecule has 2 N–H and O–H groups in total. The molecule has 0 unspecified atom stereocenters. The van der Waals surface area contributed by atoms with Crippen molar-refractivity contribution in [3.8, 4) is 5.75 Å². The van der Waals surface area contributed by atoms with Crippen LogP contribution in [0, 0.1) is 17.5 Å². The number of anilines is 2. The number of nitrogens with two attached hydrogens (primary N) is 1. The van der Waals surface area contributed by atoms with E-state index in [1.165, 1.54) is 31.4 Å². The van der Waals surface area contributed by atoms with Crippen LogP contribution in [0.25, 0.3) is 0 Å². The molecule has 3 nitrogen and oxygen atoms in total. The van der Waals surface area contributed by atoms with Crippen molar-refractivity contribution in [3.05, 3.63) is 53.3 Å². The van der Waals surface area contributed by atoms with E-state index in [2.05, 4.69) is 0 Å². The molecule has 0 aliphatic carbocycles. The van der Waals surface area contributed by atoms with Crippen LogP contribution < -0.4 is 15.4 Å². The van der Waals surface area contributed by atoms with Gasteiger partial charge in [-0.05, 0) is 30.3 Å². The minimum Gasteiger partial charge on any atom is -0.496 e. The maximum Gasteiger partial charge on any atom is 0.167 e. The van der Waals surface area contributed by atoms with Gasteiger partial charge in [0.2, 0.25) is 0 Å². The van der Waals surface area contributed by atoms with Crippen LogP contribution in [0.5, 0.6) is 5.75 Å². The van der Waals surface area contributed by atoms with Crippen molar-refractivity contribution in [2.75, 3.05) is 24.8 Å². The summed E-state index contributed by atoms with van der Waals surface area (Å²) in [6.07, 6.45) is 0. The summed E-state index contributed by atoms with van der Waals surface area (Å²) in [5.41, 5.74) is 6.16. The van der Waals surface area contributed by atoms with Gasteiger partial charge in [-0.15, -0.1) is 0 Å². The number of ether oxygens (including phenoxy) is 1. The lowest BCUT2D eigenvalue weighted by atomic mass is 10.1. The quantitative estimate of drug-likeness (QED) is 0.880. The first kappa shape index (κ1) is 15.0. The molecule has 0 bridgehead atoms. The third-order valence-corrected chi connectivity index (χ3v) is 3.19. The standard InChI is InChI=1S/C15H15F3N2O/c1-20(9-3-4-11(16)13(19)7-9)8-10-14(21-2)6-5-12(17)15(10)18/h3-7H,8,19H2,1-2H3. The third-order valence-electron chi connectivity index (χ3n) is 3.19. The van der Waals surface area contributed by atoms with Gasteiger partial charge in [0.05, 0.1) is 18.4 Å². The fraction of sp³-hybridized carbons (Fsp3) is 0.200. The first-order valence-electron chi connectivity index (χ1n) is 6.21. The van der Waals surface area contributed by atoms with E-state index < -0.39 is 17.5 Å². The van der Waals surface area contributed by atoms with Crippen LogP contribution in [0.15, 0.2) is 30.3 Å². The molecule has 2 aromatic carbocycles. The number of hydrogen-bond acceptors (Lipinski definition) is 3. The molecular weight excluding hydrogens is 281 g/mol. The van der Waals surface area contributed by atoms with Crippen molar-refractivity contribution in [2.45, 2.75) is 6.54 Å². The van der Waals surface area contributed by atoms with E-state index in [4.69, 9.17) is 10.5 Å². The number of hydrogen-bond donors (Lipinski definition) is 1. The lowest BCUT2D eigenvalue weighted by Crippen LogP contribution is -2.18. The Hall–Kier alpha value is -2.37. The molecule has 0 radical (unpaired) electrons. The van der Waals surface area contributed by atoms with Gasteiger partial charge in [0, 0.05) is 19.3 Å². The van der Waals surface area contributed by atoms with Gasteiger partial charge in [-0.1, -0.05) is 0 Å². The van der Waals surface area contributed by atoms with Crippen molar-refractivity contribution in [1.29, 1.82) is 0 Å². The summed E-state index contributed by atoms with van der Waals surface area (Å²) in [6.45, 7) is 0.0534. The van der Waals surface area contributed by atoms with E-state index in [0.29, 0.717) is 5.69 Å². The summed E-state index contributed by atoms with van der Waals surface area (Å²) in [5.74, 6) is -2.19. The molecule has 0 atom stereocenters. The summed E-state index contributed by atoms with van der Waals surface area (Å²) in [5, 5.41) is 0. The highest BCUT2D eigenvalue weighted by molar-refractivity contribution is 5.57. The fourth-order valence-corrected chi connectivity index (χ4v) is 2.01. The van der Waals surface area contributed by atoms with Gasteiger partial charge < -0.3 is 15.4 Å². The molecule has 0 spiro atoms. The SMILES string of the molecule is COc1ccc(F)c(F)c1CN(C)c1ccc(F)c(N)c1. The maximum atomic E-state index is 13.9.